The van der Waals surface area contributed by atoms with E-state index in [1.165, 1.54) is 0 Å². The zero-order valence-corrected chi connectivity index (χ0v) is 13.2. The van der Waals surface area contributed by atoms with Gasteiger partial charge in [0.15, 0.2) is 0 Å². The minimum absolute atomic E-state index is 0.0825. The monoisotopic (exact) mass is 316 g/mol. The second-order valence-corrected chi connectivity index (χ2v) is 6.58. The van der Waals surface area contributed by atoms with Crippen LogP contribution >= 0.6 is 23.2 Å². The fourth-order valence-electron chi connectivity index (χ4n) is 2.70. The lowest BCUT2D eigenvalue weighted by Crippen LogP contribution is -2.37. The molecule has 1 aromatic rings. The quantitative estimate of drug-likeness (QED) is 0.848. The molecule has 0 amide bonds. The first-order valence-electron chi connectivity index (χ1n) is 7.03. The Morgan fingerprint density at radius 3 is 2.75 bits per heavy atom. The third-order valence-electron chi connectivity index (χ3n) is 3.98. The van der Waals surface area contributed by atoms with E-state index in [0.29, 0.717) is 16.0 Å². The first-order valence-corrected chi connectivity index (χ1v) is 7.79. The van der Waals surface area contributed by atoms with Gasteiger partial charge in [-0.2, -0.15) is 0 Å². The van der Waals surface area contributed by atoms with Crippen molar-refractivity contribution in [3.63, 3.8) is 0 Å². The van der Waals surface area contributed by atoms with Crippen LogP contribution in [-0.2, 0) is 0 Å². The Morgan fingerprint density at radius 2 is 2.10 bits per heavy atom. The maximum atomic E-state index is 9.29. The smallest absolute Gasteiger partial charge is 0.0640 e. The lowest BCUT2D eigenvalue weighted by molar-refractivity contribution is 0.0280. The van der Waals surface area contributed by atoms with Crippen LogP contribution in [0.3, 0.4) is 0 Å². The van der Waals surface area contributed by atoms with Crippen LogP contribution in [0.15, 0.2) is 18.2 Å². The molecular weight excluding hydrogens is 295 g/mol. The van der Waals surface area contributed by atoms with Gasteiger partial charge >= 0.3 is 0 Å². The molecule has 20 heavy (non-hydrogen) atoms. The molecule has 0 spiro atoms. The van der Waals surface area contributed by atoms with Gasteiger partial charge in [-0.25, -0.2) is 0 Å². The fourth-order valence-corrected chi connectivity index (χ4v) is 3.15. The van der Waals surface area contributed by atoms with E-state index in [1.807, 2.05) is 12.1 Å². The number of nitrogens with zero attached hydrogens (tertiary/aromatic N) is 1. The van der Waals surface area contributed by atoms with Crippen LogP contribution in [0.1, 0.15) is 30.9 Å². The van der Waals surface area contributed by atoms with Gasteiger partial charge in [-0.3, -0.25) is 0 Å². The van der Waals surface area contributed by atoms with Gasteiger partial charge in [-0.15, -0.1) is 0 Å². The van der Waals surface area contributed by atoms with Crippen LogP contribution in [-0.4, -0.2) is 36.2 Å². The maximum absolute atomic E-state index is 9.29. The maximum Gasteiger partial charge on any atom is 0.0640 e. The Morgan fingerprint density at radius 1 is 1.40 bits per heavy atom. The zero-order valence-electron chi connectivity index (χ0n) is 11.7. The number of nitrogens with two attached hydrogens (primary N) is 1. The average molecular weight is 317 g/mol. The van der Waals surface area contributed by atoms with Crippen molar-refractivity contribution in [3.8, 4) is 0 Å². The summed E-state index contributed by atoms with van der Waals surface area (Å²) in [6, 6.07) is 5.48. The Balaban J connectivity index is 1.79. The van der Waals surface area contributed by atoms with Crippen LogP contribution in [0.25, 0.3) is 0 Å². The molecule has 1 atom stereocenters. The third-order valence-corrected chi connectivity index (χ3v) is 4.82. The van der Waals surface area contributed by atoms with Gasteiger partial charge in [0.05, 0.1) is 16.1 Å². The van der Waals surface area contributed by atoms with Gasteiger partial charge in [0.1, 0.15) is 0 Å². The highest BCUT2D eigenvalue weighted by Gasteiger charge is 2.27. The molecule has 1 fully saturated rings. The highest BCUT2D eigenvalue weighted by Crippen LogP contribution is 2.31. The number of aliphatic hydroxyl groups is 1. The molecule has 0 aliphatic heterocycles. The average Bonchev–Trinajstić information content (AvgIpc) is 2.37. The number of halogens is 2. The molecule has 0 saturated heterocycles. The standard InChI is InChI=1S/C15H22Cl2N2O/c1-19(9-10-7-11(20)8-10)6-5-14(18)12-3-2-4-13(16)15(12)17/h2-4,10-11,14,20H,5-9,18H2,1H3. The van der Waals surface area contributed by atoms with Crippen molar-refractivity contribution in [3.05, 3.63) is 33.8 Å². The summed E-state index contributed by atoms with van der Waals surface area (Å²) in [4.78, 5) is 2.27. The topological polar surface area (TPSA) is 49.5 Å². The van der Waals surface area contributed by atoms with Crippen molar-refractivity contribution < 1.29 is 5.11 Å². The van der Waals surface area contributed by atoms with E-state index >= 15 is 0 Å². The molecule has 1 saturated carbocycles. The van der Waals surface area contributed by atoms with Crippen molar-refractivity contribution >= 4 is 23.2 Å². The molecule has 112 valence electrons. The Bertz CT molecular complexity index is 449. The summed E-state index contributed by atoms with van der Waals surface area (Å²) in [5.74, 6) is 0.626. The minimum Gasteiger partial charge on any atom is -0.393 e. The van der Waals surface area contributed by atoms with Crippen molar-refractivity contribution in [2.24, 2.45) is 11.7 Å². The highest BCUT2D eigenvalue weighted by atomic mass is 35.5. The molecule has 0 aromatic heterocycles. The normalized spacial score (nSPS) is 23.7. The fraction of sp³-hybridized carbons (Fsp3) is 0.600. The van der Waals surface area contributed by atoms with E-state index in [4.69, 9.17) is 28.9 Å². The van der Waals surface area contributed by atoms with Crippen molar-refractivity contribution in [1.29, 1.82) is 0 Å². The summed E-state index contributed by atoms with van der Waals surface area (Å²) >= 11 is 12.2. The van der Waals surface area contributed by atoms with Gasteiger partial charge in [-0.1, -0.05) is 35.3 Å². The summed E-state index contributed by atoms with van der Waals surface area (Å²) in [5, 5.41) is 10.4. The summed E-state index contributed by atoms with van der Waals surface area (Å²) in [7, 11) is 2.09. The summed E-state index contributed by atoms with van der Waals surface area (Å²) in [6.07, 6.45) is 2.61. The molecule has 5 heteroatoms. The number of hydrogen-bond donors (Lipinski definition) is 2. The molecule has 0 bridgehead atoms. The molecule has 1 aromatic carbocycles. The van der Waals surface area contributed by atoms with Gasteiger partial charge in [0, 0.05) is 12.6 Å². The van der Waals surface area contributed by atoms with E-state index in [-0.39, 0.29) is 12.1 Å². The second kappa shape index (κ2) is 7.10. The number of aliphatic hydroxyl groups excluding tert-OH is 1. The van der Waals surface area contributed by atoms with Crippen LogP contribution in [0.5, 0.6) is 0 Å². The summed E-state index contributed by atoms with van der Waals surface area (Å²) in [6.45, 7) is 1.93. The van der Waals surface area contributed by atoms with E-state index < -0.39 is 0 Å². The molecule has 1 aliphatic carbocycles. The second-order valence-electron chi connectivity index (χ2n) is 5.79. The Labute approximate surface area is 130 Å². The predicted molar refractivity (Wildman–Crippen MR) is 84.2 cm³/mol. The number of hydrogen-bond acceptors (Lipinski definition) is 3. The number of rotatable bonds is 6. The van der Waals surface area contributed by atoms with Crippen molar-refractivity contribution in [1.82, 2.24) is 4.90 Å². The predicted octanol–water partition coefficient (Wildman–Crippen LogP) is 3.09. The lowest BCUT2D eigenvalue weighted by Gasteiger charge is -2.34. The summed E-state index contributed by atoms with van der Waals surface area (Å²) in [5.41, 5.74) is 7.11. The first-order chi connectivity index (χ1) is 9.47. The van der Waals surface area contributed by atoms with E-state index in [2.05, 4.69) is 11.9 Å². The van der Waals surface area contributed by atoms with Gasteiger partial charge < -0.3 is 15.7 Å². The first kappa shape index (κ1) is 16.1. The Kier molecular flexibility index (Phi) is 5.70. The van der Waals surface area contributed by atoms with E-state index in [0.717, 1.165) is 37.9 Å². The molecule has 1 aliphatic rings. The molecule has 3 N–H and O–H groups in total. The molecule has 0 radical (unpaired) electrons. The molecular formula is C15H22Cl2N2O. The minimum atomic E-state index is -0.101. The van der Waals surface area contributed by atoms with Crippen molar-refractivity contribution in [2.75, 3.05) is 20.1 Å². The van der Waals surface area contributed by atoms with Gasteiger partial charge in [0.25, 0.3) is 0 Å². The SMILES string of the molecule is CN(CCC(N)c1cccc(Cl)c1Cl)CC1CC(O)C1. The van der Waals surface area contributed by atoms with Crippen LogP contribution in [0.4, 0.5) is 0 Å². The lowest BCUT2D eigenvalue weighted by atomic mass is 9.82. The molecule has 2 rings (SSSR count). The highest BCUT2D eigenvalue weighted by molar-refractivity contribution is 6.42. The van der Waals surface area contributed by atoms with E-state index in [9.17, 15) is 5.11 Å². The van der Waals surface area contributed by atoms with Crippen LogP contribution in [0.2, 0.25) is 10.0 Å². The summed E-state index contributed by atoms with van der Waals surface area (Å²) < 4.78 is 0. The van der Waals surface area contributed by atoms with Gasteiger partial charge in [-0.05, 0) is 50.4 Å². The molecule has 1 unspecified atom stereocenters. The zero-order chi connectivity index (χ0) is 14.7. The third kappa shape index (κ3) is 4.09. The molecule has 0 heterocycles. The van der Waals surface area contributed by atoms with Crippen LogP contribution in [0, 0.1) is 5.92 Å². The number of benzene rings is 1. The molecule has 3 nitrogen and oxygen atoms in total. The van der Waals surface area contributed by atoms with Crippen LogP contribution < -0.4 is 5.73 Å². The van der Waals surface area contributed by atoms with E-state index in [1.54, 1.807) is 6.07 Å². The Hall–Kier alpha value is -0.320. The van der Waals surface area contributed by atoms with Crippen molar-refractivity contribution in [2.45, 2.75) is 31.4 Å². The largest absolute Gasteiger partial charge is 0.393 e. The van der Waals surface area contributed by atoms with Gasteiger partial charge in [0.2, 0.25) is 0 Å².